The van der Waals surface area contributed by atoms with Crippen LogP contribution in [0.4, 0.5) is 0 Å². The average molecular weight is 282 g/mol. The zero-order chi connectivity index (χ0) is 11.0. The first kappa shape index (κ1) is 10.3. The normalized spacial score (nSPS) is 21.4. The molecule has 0 spiro atoms. The number of imidazole rings is 1. The van der Waals surface area contributed by atoms with Gasteiger partial charge in [-0.3, -0.25) is 0 Å². The van der Waals surface area contributed by atoms with Crippen LogP contribution in [0.25, 0.3) is 5.52 Å². The third kappa shape index (κ3) is 1.75. The Morgan fingerprint density at radius 1 is 1.56 bits per heavy atom. The molecule has 0 aromatic carbocycles. The molecular weight excluding hydrogens is 270 g/mol. The van der Waals surface area contributed by atoms with Gasteiger partial charge >= 0.3 is 0 Å². The van der Waals surface area contributed by atoms with E-state index in [0.29, 0.717) is 6.61 Å². The van der Waals surface area contributed by atoms with Gasteiger partial charge in [0.1, 0.15) is 5.82 Å². The van der Waals surface area contributed by atoms with Crippen LogP contribution >= 0.6 is 15.9 Å². The van der Waals surface area contributed by atoms with Crippen molar-refractivity contribution in [2.24, 2.45) is 0 Å². The van der Waals surface area contributed by atoms with E-state index in [2.05, 4.69) is 36.7 Å². The van der Waals surface area contributed by atoms with Crippen molar-refractivity contribution in [3.05, 3.63) is 34.8 Å². The van der Waals surface area contributed by atoms with Gasteiger partial charge in [0.05, 0.1) is 31.0 Å². The van der Waals surface area contributed by atoms with Crippen LogP contribution in [-0.4, -0.2) is 29.1 Å². The summed E-state index contributed by atoms with van der Waals surface area (Å²) in [5, 5.41) is 3.41. The highest BCUT2D eigenvalue weighted by molar-refractivity contribution is 9.10. The third-order valence-corrected chi connectivity index (χ3v) is 3.25. The number of aromatic nitrogens is 2. The first-order valence-electron chi connectivity index (χ1n) is 5.28. The Bertz CT molecular complexity index is 505. The topological polar surface area (TPSA) is 38.6 Å². The number of fused-ring (bicyclic) bond motifs is 1. The molecule has 16 heavy (non-hydrogen) atoms. The summed E-state index contributed by atoms with van der Waals surface area (Å²) in [6, 6.07) is 4.26. The monoisotopic (exact) mass is 281 g/mol. The predicted octanol–water partition coefficient (Wildman–Crippen LogP) is 1.76. The number of nitrogens with zero attached hydrogens (tertiary/aromatic N) is 2. The molecule has 1 N–H and O–H groups in total. The zero-order valence-corrected chi connectivity index (χ0v) is 10.3. The van der Waals surface area contributed by atoms with Crippen molar-refractivity contribution in [3.63, 3.8) is 0 Å². The van der Waals surface area contributed by atoms with E-state index in [9.17, 15) is 0 Å². The number of halogens is 1. The summed E-state index contributed by atoms with van der Waals surface area (Å²) < 4.78 is 8.62. The molecule has 2 aromatic rings. The van der Waals surface area contributed by atoms with Crippen molar-refractivity contribution >= 4 is 21.4 Å². The lowest BCUT2D eigenvalue weighted by molar-refractivity contribution is 0.0740. The smallest absolute Gasteiger partial charge is 0.132 e. The highest BCUT2D eigenvalue weighted by Gasteiger charge is 2.19. The molecule has 1 atom stereocenters. The summed E-state index contributed by atoms with van der Waals surface area (Å²) in [7, 11) is 0. The number of nitrogens with one attached hydrogen (secondary N) is 1. The fourth-order valence-electron chi connectivity index (χ4n) is 1.98. The Labute approximate surface area is 102 Å². The molecule has 1 fully saturated rings. The number of hydrogen-bond acceptors (Lipinski definition) is 3. The minimum Gasteiger partial charge on any atom is -0.378 e. The molecule has 1 aliphatic rings. The van der Waals surface area contributed by atoms with E-state index in [1.165, 1.54) is 0 Å². The molecule has 0 radical (unpaired) electrons. The fraction of sp³-hybridized carbons (Fsp3) is 0.364. The lowest BCUT2D eigenvalue weighted by Gasteiger charge is -2.22. The molecule has 2 aromatic heterocycles. The maximum Gasteiger partial charge on any atom is 0.132 e. The van der Waals surface area contributed by atoms with Crippen LogP contribution < -0.4 is 5.32 Å². The van der Waals surface area contributed by atoms with Crippen LogP contribution in [0, 0.1) is 0 Å². The summed E-state index contributed by atoms with van der Waals surface area (Å²) in [6.07, 6.45) is 3.91. The Kier molecular flexibility index (Phi) is 2.67. The summed E-state index contributed by atoms with van der Waals surface area (Å²) >= 11 is 3.46. The van der Waals surface area contributed by atoms with Crippen LogP contribution in [0.1, 0.15) is 11.9 Å². The van der Waals surface area contributed by atoms with Gasteiger partial charge in [-0.25, -0.2) is 4.98 Å². The first-order valence-corrected chi connectivity index (χ1v) is 6.07. The number of hydrogen-bond donors (Lipinski definition) is 1. The Balaban J connectivity index is 2.03. The molecule has 5 heteroatoms. The minimum atomic E-state index is 0.192. The van der Waals surface area contributed by atoms with Crippen LogP contribution in [-0.2, 0) is 4.74 Å². The quantitative estimate of drug-likeness (QED) is 0.866. The van der Waals surface area contributed by atoms with Gasteiger partial charge in [0.2, 0.25) is 0 Å². The Morgan fingerprint density at radius 3 is 3.31 bits per heavy atom. The molecule has 0 amide bonds. The molecule has 0 bridgehead atoms. The molecule has 0 saturated carbocycles. The zero-order valence-electron chi connectivity index (χ0n) is 8.69. The van der Waals surface area contributed by atoms with E-state index in [-0.39, 0.29) is 6.04 Å². The minimum absolute atomic E-state index is 0.192. The number of rotatable bonds is 1. The van der Waals surface area contributed by atoms with Crippen molar-refractivity contribution in [1.29, 1.82) is 0 Å². The third-order valence-electron chi connectivity index (χ3n) is 2.76. The van der Waals surface area contributed by atoms with Crippen LogP contribution in [0.15, 0.2) is 29.0 Å². The molecule has 1 unspecified atom stereocenters. The van der Waals surface area contributed by atoms with Gasteiger partial charge in [-0.05, 0) is 12.1 Å². The molecule has 84 valence electrons. The van der Waals surface area contributed by atoms with Crippen LogP contribution in [0.2, 0.25) is 0 Å². The van der Waals surface area contributed by atoms with E-state index in [1.807, 2.05) is 18.5 Å². The van der Waals surface area contributed by atoms with E-state index in [4.69, 9.17) is 4.74 Å². The van der Waals surface area contributed by atoms with Crippen molar-refractivity contribution in [2.45, 2.75) is 6.04 Å². The molecular formula is C11H12BrN3O. The van der Waals surface area contributed by atoms with Crippen LogP contribution in [0.5, 0.6) is 0 Å². The average Bonchev–Trinajstić information content (AvgIpc) is 2.73. The maximum absolute atomic E-state index is 5.45. The second-order valence-electron chi connectivity index (χ2n) is 3.84. The van der Waals surface area contributed by atoms with Crippen molar-refractivity contribution in [3.8, 4) is 0 Å². The van der Waals surface area contributed by atoms with Gasteiger partial charge in [-0.15, -0.1) is 0 Å². The van der Waals surface area contributed by atoms with E-state index in [0.717, 1.165) is 29.0 Å². The number of morpholine rings is 1. The summed E-state index contributed by atoms with van der Waals surface area (Å²) in [4.78, 5) is 4.46. The SMILES string of the molecule is Brc1ccn2c(C3COCCN3)ncc2c1. The lowest BCUT2D eigenvalue weighted by Crippen LogP contribution is -2.35. The highest BCUT2D eigenvalue weighted by atomic mass is 79.9. The Hall–Kier alpha value is -0.910. The van der Waals surface area contributed by atoms with Crippen molar-refractivity contribution < 1.29 is 4.74 Å². The highest BCUT2D eigenvalue weighted by Crippen LogP contribution is 2.19. The van der Waals surface area contributed by atoms with Gasteiger partial charge in [-0.1, -0.05) is 15.9 Å². The van der Waals surface area contributed by atoms with E-state index in [1.54, 1.807) is 0 Å². The predicted molar refractivity (Wildman–Crippen MR) is 64.5 cm³/mol. The molecule has 3 heterocycles. The van der Waals surface area contributed by atoms with Crippen molar-refractivity contribution in [1.82, 2.24) is 14.7 Å². The maximum atomic E-state index is 5.45. The summed E-state index contributed by atoms with van der Waals surface area (Å²) in [6.45, 7) is 2.36. The second kappa shape index (κ2) is 4.16. The molecule has 0 aliphatic carbocycles. The van der Waals surface area contributed by atoms with E-state index < -0.39 is 0 Å². The van der Waals surface area contributed by atoms with Gasteiger partial charge in [0.15, 0.2) is 0 Å². The first-order chi connectivity index (χ1) is 7.84. The standard InChI is InChI=1S/C11H12BrN3O/c12-8-1-3-15-9(5-8)6-14-11(15)10-7-16-4-2-13-10/h1,3,5-6,10,13H,2,4,7H2. The Morgan fingerprint density at radius 2 is 2.50 bits per heavy atom. The number of pyridine rings is 1. The van der Waals surface area contributed by atoms with Gasteiger partial charge in [-0.2, -0.15) is 0 Å². The molecule has 4 nitrogen and oxygen atoms in total. The largest absolute Gasteiger partial charge is 0.378 e. The van der Waals surface area contributed by atoms with Crippen molar-refractivity contribution in [2.75, 3.05) is 19.8 Å². The molecule has 1 aliphatic heterocycles. The molecule has 3 rings (SSSR count). The van der Waals surface area contributed by atoms with E-state index >= 15 is 0 Å². The van der Waals surface area contributed by atoms with Crippen LogP contribution in [0.3, 0.4) is 0 Å². The summed E-state index contributed by atoms with van der Waals surface area (Å²) in [5.74, 6) is 1.02. The van der Waals surface area contributed by atoms with Gasteiger partial charge in [0.25, 0.3) is 0 Å². The number of ether oxygens (including phenoxy) is 1. The second-order valence-corrected chi connectivity index (χ2v) is 4.75. The molecule has 1 saturated heterocycles. The summed E-state index contributed by atoms with van der Waals surface area (Å²) in [5.41, 5.74) is 1.09. The van der Waals surface area contributed by atoms with Gasteiger partial charge < -0.3 is 14.5 Å². The lowest BCUT2D eigenvalue weighted by atomic mass is 10.2. The van der Waals surface area contributed by atoms with Gasteiger partial charge in [0, 0.05) is 17.2 Å². The fourth-order valence-corrected chi connectivity index (χ4v) is 2.34.